The van der Waals surface area contributed by atoms with Crippen LogP contribution < -0.4 is 15.8 Å². The van der Waals surface area contributed by atoms with Gasteiger partial charge in [-0.1, -0.05) is 13.0 Å². The first kappa shape index (κ1) is 23.2. The number of nitrogens with one attached hydrogen (secondary N) is 1. The van der Waals surface area contributed by atoms with Crippen LogP contribution in [0.25, 0.3) is 0 Å². The lowest BCUT2D eigenvalue weighted by atomic mass is 9.96. The molecular formula is C21H29FN4O4S. The summed E-state index contributed by atoms with van der Waals surface area (Å²) in [7, 11) is -0.753. The van der Waals surface area contributed by atoms with Crippen LogP contribution in [-0.2, 0) is 23.6 Å². The molecule has 0 aliphatic carbocycles. The van der Waals surface area contributed by atoms with Crippen LogP contribution >= 0.6 is 0 Å². The molecule has 2 aromatic rings. The molecule has 0 spiro atoms. The van der Waals surface area contributed by atoms with Crippen molar-refractivity contribution in [2.75, 3.05) is 20.2 Å². The van der Waals surface area contributed by atoms with Crippen LogP contribution in [0.2, 0.25) is 0 Å². The highest BCUT2D eigenvalue weighted by molar-refractivity contribution is 7.89. The fraction of sp³-hybridized carbons (Fsp3) is 0.476. The molecule has 2 atom stereocenters. The van der Waals surface area contributed by atoms with E-state index in [0.29, 0.717) is 24.4 Å². The number of ether oxygens (including phenoxy) is 1. The lowest BCUT2D eigenvalue weighted by molar-refractivity contribution is 0.0942. The molecule has 0 saturated carbocycles. The summed E-state index contributed by atoms with van der Waals surface area (Å²) in [6, 6.07) is 5.54. The van der Waals surface area contributed by atoms with Gasteiger partial charge in [0, 0.05) is 44.0 Å². The van der Waals surface area contributed by atoms with E-state index in [1.807, 2.05) is 6.92 Å². The van der Waals surface area contributed by atoms with Crippen molar-refractivity contribution in [3.8, 4) is 5.75 Å². The lowest BCUT2D eigenvalue weighted by Crippen LogP contribution is -2.49. The van der Waals surface area contributed by atoms with Gasteiger partial charge in [-0.3, -0.25) is 4.79 Å². The molecule has 2 heterocycles. The van der Waals surface area contributed by atoms with Crippen LogP contribution in [0.4, 0.5) is 4.39 Å². The minimum atomic E-state index is -3.80. The van der Waals surface area contributed by atoms with E-state index >= 15 is 0 Å². The third kappa shape index (κ3) is 4.46. The molecule has 1 fully saturated rings. The minimum absolute atomic E-state index is 0.0744. The van der Waals surface area contributed by atoms with Crippen molar-refractivity contribution in [2.24, 2.45) is 18.7 Å². The third-order valence-electron chi connectivity index (χ3n) is 6.04. The van der Waals surface area contributed by atoms with Crippen LogP contribution in [0.15, 0.2) is 29.2 Å². The summed E-state index contributed by atoms with van der Waals surface area (Å²) in [6.07, 6.45) is 0.685. The number of carbonyl (C=O) groups is 1. The van der Waals surface area contributed by atoms with Crippen LogP contribution in [0, 0.1) is 18.7 Å². The fourth-order valence-corrected chi connectivity index (χ4v) is 5.50. The average Bonchev–Trinajstić information content (AvgIpc) is 3.04. The molecule has 170 valence electrons. The molecule has 3 N–H and O–H groups in total. The number of amides is 1. The summed E-state index contributed by atoms with van der Waals surface area (Å²) >= 11 is 0. The van der Waals surface area contributed by atoms with Crippen molar-refractivity contribution >= 4 is 15.9 Å². The second-order valence-electron chi connectivity index (χ2n) is 7.93. The number of aromatic nitrogens is 1. The largest absolute Gasteiger partial charge is 0.496 e. The zero-order chi connectivity index (χ0) is 22.9. The summed E-state index contributed by atoms with van der Waals surface area (Å²) in [5.74, 6) is -0.440. The van der Waals surface area contributed by atoms with Crippen LogP contribution in [-0.4, -0.2) is 49.4 Å². The third-order valence-corrected chi connectivity index (χ3v) is 8.02. The molecule has 1 amide bonds. The van der Waals surface area contributed by atoms with Gasteiger partial charge in [0.15, 0.2) is 0 Å². The quantitative estimate of drug-likeness (QED) is 0.695. The maximum Gasteiger partial charge on any atom is 0.268 e. The molecule has 10 heteroatoms. The molecule has 0 radical (unpaired) electrons. The number of nitrogens with two attached hydrogens (primary N) is 1. The molecule has 1 aromatic heterocycles. The number of sulfonamides is 1. The molecule has 1 saturated heterocycles. The summed E-state index contributed by atoms with van der Waals surface area (Å²) in [6.45, 7) is 4.19. The highest BCUT2D eigenvalue weighted by atomic mass is 32.2. The van der Waals surface area contributed by atoms with Crippen molar-refractivity contribution in [2.45, 2.75) is 37.8 Å². The number of piperidine rings is 1. The van der Waals surface area contributed by atoms with E-state index in [1.165, 1.54) is 34.2 Å². The second kappa shape index (κ2) is 8.97. The Morgan fingerprint density at radius 2 is 2.10 bits per heavy atom. The Labute approximate surface area is 182 Å². The highest BCUT2D eigenvalue weighted by Gasteiger charge is 2.34. The Hall–Kier alpha value is -2.43. The first-order chi connectivity index (χ1) is 14.6. The zero-order valence-electron chi connectivity index (χ0n) is 18.2. The van der Waals surface area contributed by atoms with Gasteiger partial charge in [0.1, 0.15) is 22.2 Å². The van der Waals surface area contributed by atoms with Gasteiger partial charge in [0.05, 0.1) is 7.11 Å². The van der Waals surface area contributed by atoms with E-state index in [2.05, 4.69) is 5.32 Å². The molecule has 1 aliphatic rings. The molecule has 0 bridgehead atoms. The number of hydrogen-bond donors (Lipinski definition) is 2. The normalized spacial score (nSPS) is 19.9. The topological polar surface area (TPSA) is 107 Å². The van der Waals surface area contributed by atoms with E-state index < -0.39 is 21.7 Å². The van der Waals surface area contributed by atoms with E-state index in [9.17, 15) is 17.6 Å². The summed E-state index contributed by atoms with van der Waals surface area (Å²) < 4.78 is 48.6. The smallest absolute Gasteiger partial charge is 0.268 e. The van der Waals surface area contributed by atoms with E-state index in [1.54, 1.807) is 20.0 Å². The van der Waals surface area contributed by atoms with Gasteiger partial charge in [-0.05, 0) is 37.5 Å². The predicted octanol–water partition coefficient (Wildman–Crippen LogP) is 1.77. The monoisotopic (exact) mass is 452 g/mol. The Bertz CT molecular complexity index is 1080. The zero-order valence-corrected chi connectivity index (χ0v) is 19.0. The van der Waals surface area contributed by atoms with Gasteiger partial charge < -0.3 is 20.4 Å². The number of nitrogens with zero attached hydrogens (tertiary/aromatic N) is 2. The summed E-state index contributed by atoms with van der Waals surface area (Å²) in [4.78, 5) is 12.9. The van der Waals surface area contributed by atoms with Crippen molar-refractivity contribution in [1.82, 2.24) is 14.2 Å². The van der Waals surface area contributed by atoms with Crippen molar-refractivity contribution in [3.05, 3.63) is 47.0 Å². The Morgan fingerprint density at radius 3 is 2.74 bits per heavy atom. The lowest BCUT2D eigenvalue weighted by Gasteiger charge is -2.34. The van der Waals surface area contributed by atoms with Crippen LogP contribution in [0.3, 0.4) is 0 Å². The molecule has 8 nitrogen and oxygen atoms in total. The molecule has 0 unspecified atom stereocenters. The van der Waals surface area contributed by atoms with Crippen molar-refractivity contribution in [3.63, 3.8) is 0 Å². The van der Waals surface area contributed by atoms with Gasteiger partial charge >= 0.3 is 0 Å². The Kier molecular flexibility index (Phi) is 6.73. The molecular weight excluding hydrogens is 423 g/mol. The maximum atomic E-state index is 14.1. The fourth-order valence-electron chi connectivity index (χ4n) is 3.74. The average molecular weight is 453 g/mol. The first-order valence-electron chi connectivity index (χ1n) is 10.1. The van der Waals surface area contributed by atoms with Crippen LogP contribution in [0.1, 0.15) is 35.1 Å². The highest BCUT2D eigenvalue weighted by Crippen LogP contribution is 2.27. The van der Waals surface area contributed by atoms with Crippen molar-refractivity contribution in [1.29, 1.82) is 0 Å². The van der Waals surface area contributed by atoms with Gasteiger partial charge in [0.2, 0.25) is 10.0 Å². The standard InChI is InChI=1S/C21H29FN4O4S/c1-13-8-9-26(12-17(13)23)31(28,29)20-10-18(25(3)14(20)2)21(27)24-11-15-16(22)6-5-7-19(15)30-4/h5-7,10,13,17H,8-9,11-12,23H2,1-4H3,(H,24,27)/t13-,17-/m0/s1. The van der Waals surface area contributed by atoms with E-state index in [-0.39, 0.29) is 41.2 Å². The number of halogens is 1. The van der Waals surface area contributed by atoms with Crippen LogP contribution in [0.5, 0.6) is 5.75 Å². The summed E-state index contributed by atoms with van der Waals surface area (Å²) in [5.41, 5.74) is 6.91. The molecule has 31 heavy (non-hydrogen) atoms. The van der Waals surface area contributed by atoms with E-state index in [4.69, 9.17) is 10.5 Å². The maximum absolute atomic E-state index is 14.1. The number of hydrogen-bond acceptors (Lipinski definition) is 5. The number of rotatable bonds is 6. The molecule has 3 rings (SSSR count). The summed E-state index contributed by atoms with van der Waals surface area (Å²) in [5, 5.41) is 2.65. The van der Waals surface area contributed by atoms with E-state index in [0.717, 1.165) is 0 Å². The predicted molar refractivity (Wildman–Crippen MR) is 115 cm³/mol. The number of methoxy groups -OCH3 is 1. The first-order valence-corrected chi connectivity index (χ1v) is 11.5. The SMILES string of the molecule is COc1cccc(F)c1CNC(=O)c1cc(S(=O)(=O)N2CC[C@H](C)[C@@H](N)C2)c(C)n1C. The Morgan fingerprint density at radius 1 is 1.39 bits per heavy atom. The molecule has 1 aliphatic heterocycles. The van der Waals surface area contributed by atoms with Gasteiger partial charge in [0.25, 0.3) is 5.91 Å². The van der Waals surface area contributed by atoms with Gasteiger partial charge in [-0.15, -0.1) is 0 Å². The number of benzene rings is 1. The van der Waals surface area contributed by atoms with Gasteiger partial charge in [-0.25, -0.2) is 12.8 Å². The second-order valence-corrected chi connectivity index (χ2v) is 9.84. The van der Waals surface area contributed by atoms with Crippen molar-refractivity contribution < 1.29 is 22.3 Å². The van der Waals surface area contributed by atoms with Gasteiger partial charge in [-0.2, -0.15) is 4.31 Å². The number of carbonyl (C=O) groups excluding carboxylic acids is 1. The minimum Gasteiger partial charge on any atom is -0.496 e. The molecule has 1 aromatic carbocycles. The Balaban J connectivity index is 1.83.